The van der Waals surface area contributed by atoms with E-state index in [0.29, 0.717) is 6.42 Å². The van der Waals surface area contributed by atoms with E-state index in [2.05, 4.69) is 14.9 Å². The Morgan fingerprint density at radius 3 is 2.71 bits per heavy atom. The van der Waals surface area contributed by atoms with Crippen molar-refractivity contribution in [3.05, 3.63) is 18.1 Å². The summed E-state index contributed by atoms with van der Waals surface area (Å²) in [6.07, 6.45) is 6.67. The Labute approximate surface area is 123 Å². The van der Waals surface area contributed by atoms with Gasteiger partial charge in [-0.2, -0.15) is 0 Å². The van der Waals surface area contributed by atoms with Crippen LogP contribution in [0.3, 0.4) is 0 Å². The van der Waals surface area contributed by atoms with Gasteiger partial charge in [0.2, 0.25) is 5.91 Å². The van der Waals surface area contributed by atoms with Crippen molar-refractivity contribution in [1.29, 1.82) is 0 Å². The summed E-state index contributed by atoms with van der Waals surface area (Å²) in [6.45, 7) is 2.53. The molecule has 7 heteroatoms. The Bertz CT molecular complexity index is 545. The molecule has 2 fully saturated rings. The van der Waals surface area contributed by atoms with Gasteiger partial charge in [0.05, 0.1) is 12.4 Å². The Kier molecular flexibility index (Phi) is 3.72. The Hall–Kier alpha value is -2.18. The van der Waals surface area contributed by atoms with Crippen molar-refractivity contribution in [2.75, 3.05) is 24.5 Å². The number of hydrogen-bond acceptors (Lipinski definition) is 5. The van der Waals surface area contributed by atoms with Gasteiger partial charge in [0, 0.05) is 32.1 Å². The highest BCUT2D eigenvalue weighted by atomic mass is 16.2. The molecule has 1 aromatic rings. The van der Waals surface area contributed by atoms with Crippen molar-refractivity contribution in [2.45, 2.75) is 31.7 Å². The average Bonchev–Trinajstić information content (AvgIpc) is 2.94. The van der Waals surface area contributed by atoms with Gasteiger partial charge in [-0.25, -0.2) is 9.97 Å². The largest absolute Gasteiger partial charge is 0.364 e. The molecule has 0 radical (unpaired) electrons. The zero-order chi connectivity index (χ0) is 14.8. The van der Waals surface area contributed by atoms with Crippen molar-refractivity contribution in [1.82, 2.24) is 14.9 Å². The van der Waals surface area contributed by atoms with E-state index in [1.165, 1.54) is 6.20 Å². The SMILES string of the molecule is NC(=O)c1cnc(N2CCC[C@@H](N3CCCC3=O)C2)cn1. The first-order chi connectivity index (χ1) is 10.1. The summed E-state index contributed by atoms with van der Waals surface area (Å²) < 4.78 is 0. The lowest BCUT2D eigenvalue weighted by Gasteiger charge is -2.38. The second-order valence-corrected chi connectivity index (χ2v) is 5.56. The maximum atomic E-state index is 11.9. The molecule has 0 saturated carbocycles. The van der Waals surface area contributed by atoms with Gasteiger partial charge in [0.15, 0.2) is 0 Å². The predicted octanol–water partition coefficient (Wildman–Crippen LogP) is 0.167. The highest BCUT2D eigenvalue weighted by Gasteiger charge is 2.31. The van der Waals surface area contributed by atoms with Crippen LogP contribution in [-0.2, 0) is 4.79 Å². The van der Waals surface area contributed by atoms with Gasteiger partial charge in [-0.15, -0.1) is 0 Å². The highest BCUT2D eigenvalue weighted by molar-refractivity contribution is 5.90. The van der Waals surface area contributed by atoms with Gasteiger partial charge < -0.3 is 15.5 Å². The Balaban J connectivity index is 1.70. The molecule has 1 atom stereocenters. The third-order valence-corrected chi connectivity index (χ3v) is 4.16. The van der Waals surface area contributed by atoms with E-state index in [1.807, 2.05) is 4.90 Å². The normalized spacial score (nSPS) is 22.7. The molecular weight excluding hydrogens is 270 g/mol. The van der Waals surface area contributed by atoms with E-state index < -0.39 is 5.91 Å². The van der Waals surface area contributed by atoms with Crippen LogP contribution in [0.5, 0.6) is 0 Å². The van der Waals surface area contributed by atoms with Crippen molar-refractivity contribution in [3.63, 3.8) is 0 Å². The lowest BCUT2D eigenvalue weighted by atomic mass is 10.0. The first-order valence-corrected chi connectivity index (χ1v) is 7.31. The quantitative estimate of drug-likeness (QED) is 0.856. The van der Waals surface area contributed by atoms with Gasteiger partial charge in [-0.1, -0.05) is 0 Å². The topological polar surface area (TPSA) is 92.4 Å². The molecule has 2 amide bonds. The second-order valence-electron chi connectivity index (χ2n) is 5.56. The monoisotopic (exact) mass is 289 g/mol. The average molecular weight is 289 g/mol. The van der Waals surface area contributed by atoms with Crippen LogP contribution in [0.4, 0.5) is 5.82 Å². The Morgan fingerprint density at radius 1 is 1.24 bits per heavy atom. The number of nitrogens with zero attached hydrogens (tertiary/aromatic N) is 4. The summed E-state index contributed by atoms with van der Waals surface area (Å²) in [5.74, 6) is 0.418. The zero-order valence-corrected chi connectivity index (χ0v) is 11.9. The van der Waals surface area contributed by atoms with Crippen LogP contribution in [0.15, 0.2) is 12.4 Å². The van der Waals surface area contributed by atoms with Gasteiger partial charge in [-0.05, 0) is 19.3 Å². The number of nitrogens with two attached hydrogens (primary N) is 1. The van der Waals surface area contributed by atoms with E-state index in [0.717, 1.165) is 44.7 Å². The molecule has 1 aromatic heterocycles. The molecule has 2 saturated heterocycles. The fourth-order valence-corrected chi connectivity index (χ4v) is 3.08. The number of primary amides is 1. The first-order valence-electron chi connectivity index (χ1n) is 7.31. The summed E-state index contributed by atoms with van der Waals surface area (Å²) in [4.78, 5) is 35.3. The maximum Gasteiger partial charge on any atom is 0.268 e. The summed E-state index contributed by atoms with van der Waals surface area (Å²) in [6, 6.07) is 0.256. The Morgan fingerprint density at radius 2 is 2.10 bits per heavy atom. The minimum absolute atomic E-state index is 0.169. The molecule has 0 aromatic carbocycles. The molecule has 2 N–H and O–H groups in total. The van der Waals surface area contributed by atoms with Crippen LogP contribution < -0.4 is 10.6 Å². The zero-order valence-electron chi connectivity index (χ0n) is 11.9. The molecule has 2 aliphatic rings. The van der Waals surface area contributed by atoms with Crippen LogP contribution in [-0.4, -0.2) is 52.4 Å². The van der Waals surface area contributed by atoms with Crippen LogP contribution in [0.2, 0.25) is 0 Å². The third kappa shape index (κ3) is 2.81. The number of piperidine rings is 1. The molecule has 112 valence electrons. The maximum absolute atomic E-state index is 11.9. The summed E-state index contributed by atoms with van der Waals surface area (Å²) >= 11 is 0. The van der Waals surface area contributed by atoms with Gasteiger partial charge in [-0.3, -0.25) is 9.59 Å². The molecule has 21 heavy (non-hydrogen) atoms. The smallest absolute Gasteiger partial charge is 0.268 e. The van der Waals surface area contributed by atoms with Crippen LogP contribution in [0, 0.1) is 0 Å². The summed E-state index contributed by atoms with van der Waals surface area (Å²) in [7, 11) is 0. The van der Waals surface area contributed by atoms with Crippen LogP contribution >= 0.6 is 0 Å². The molecule has 2 aliphatic heterocycles. The molecule has 0 bridgehead atoms. The van der Waals surface area contributed by atoms with Gasteiger partial charge in [0.25, 0.3) is 5.91 Å². The highest BCUT2D eigenvalue weighted by Crippen LogP contribution is 2.23. The summed E-state index contributed by atoms with van der Waals surface area (Å²) in [5.41, 5.74) is 5.33. The van der Waals surface area contributed by atoms with E-state index in [1.54, 1.807) is 6.20 Å². The molecule has 0 spiro atoms. The number of aromatic nitrogens is 2. The van der Waals surface area contributed by atoms with Gasteiger partial charge in [0.1, 0.15) is 11.5 Å². The number of likely N-dealkylation sites (tertiary alicyclic amines) is 1. The predicted molar refractivity (Wildman–Crippen MR) is 76.7 cm³/mol. The van der Waals surface area contributed by atoms with E-state index in [4.69, 9.17) is 5.73 Å². The van der Waals surface area contributed by atoms with E-state index >= 15 is 0 Å². The lowest BCUT2D eigenvalue weighted by Crippen LogP contribution is -2.48. The fraction of sp³-hybridized carbons (Fsp3) is 0.571. The van der Waals surface area contributed by atoms with Crippen LogP contribution in [0.1, 0.15) is 36.2 Å². The molecule has 0 aliphatic carbocycles. The van der Waals surface area contributed by atoms with Crippen molar-refractivity contribution in [3.8, 4) is 0 Å². The van der Waals surface area contributed by atoms with Crippen molar-refractivity contribution in [2.24, 2.45) is 5.73 Å². The summed E-state index contributed by atoms with van der Waals surface area (Å²) in [5, 5.41) is 0. The van der Waals surface area contributed by atoms with Crippen molar-refractivity contribution < 1.29 is 9.59 Å². The van der Waals surface area contributed by atoms with E-state index in [9.17, 15) is 9.59 Å². The third-order valence-electron chi connectivity index (χ3n) is 4.16. The van der Waals surface area contributed by atoms with Gasteiger partial charge >= 0.3 is 0 Å². The molecular formula is C14H19N5O2. The first kappa shape index (κ1) is 13.8. The van der Waals surface area contributed by atoms with E-state index in [-0.39, 0.29) is 17.6 Å². The number of amides is 2. The number of carbonyl (C=O) groups is 2. The minimum atomic E-state index is -0.576. The fourth-order valence-electron chi connectivity index (χ4n) is 3.08. The standard InChI is InChI=1S/C14H19N5O2/c15-14(21)11-7-17-12(8-16-11)18-5-1-3-10(9-18)19-6-2-4-13(19)20/h7-8,10H,1-6,9H2,(H2,15,21)/t10-/m1/s1. The number of hydrogen-bond donors (Lipinski definition) is 1. The molecule has 3 heterocycles. The number of anilines is 1. The molecule has 7 nitrogen and oxygen atoms in total. The van der Waals surface area contributed by atoms with Crippen molar-refractivity contribution >= 4 is 17.6 Å². The second kappa shape index (κ2) is 5.67. The molecule has 3 rings (SSSR count). The molecule has 0 unspecified atom stereocenters. The lowest BCUT2D eigenvalue weighted by molar-refractivity contribution is -0.129. The number of carbonyl (C=O) groups excluding carboxylic acids is 2. The van der Waals surface area contributed by atoms with Crippen LogP contribution in [0.25, 0.3) is 0 Å². The minimum Gasteiger partial charge on any atom is -0.364 e. The number of rotatable bonds is 3.